The summed E-state index contributed by atoms with van der Waals surface area (Å²) >= 11 is 0. The molecule has 0 aliphatic rings. The summed E-state index contributed by atoms with van der Waals surface area (Å²) in [6, 6.07) is 25.2. The first-order valence-corrected chi connectivity index (χ1v) is 10.7. The molecule has 0 fully saturated rings. The van der Waals surface area contributed by atoms with E-state index in [4.69, 9.17) is 4.74 Å². The van der Waals surface area contributed by atoms with Crippen LogP contribution in [0.4, 0.5) is 0 Å². The van der Waals surface area contributed by atoms with E-state index in [2.05, 4.69) is 5.32 Å². The van der Waals surface area contributed by atoms with Crippen molar-refractivity contribution < 1.29 is 14.3 Å². The van der Waals surface area contributed by atoms with E-state index in [1.165, 1.54) is 7.11 Å². The first-order valence-electron chi connectivity index (χ1n) is 10.7. The number of amides is 1. The van der Waals surface area contributed by atoms with E-state index in [1.54, 1.807) is 12.1 Å². The smallest absolute Gasteiger partial charge is 0.337 e. The zero-order valence-corrected chi connectivity index (χ0v) is 18.7. The highest BCUT2D eigenvalue weighted by Crippen LogP contribution is 2.27. The van der Waals surface area contributed by atoms with Crippen LogP contribution in [0.1, 0.15) is 45.5 Å². The Morgan fingerprint density at radius 3 is 2.22 bits per heavy atom. The van der Waals surface area contributed by atoms with Crippen molar-refractivity contribution in [1.82, 2.24) is 5.32 Å². The van der Waals surface area contributed by atoms with Gasteiger partial charge >= 0.3 is 5.97 Å². The van der Waals surface area contributed by atoms with Gasteiger partial charge in [0.1, 0.15) is 0 Å². The number of carbonyl (C=O) groups excluding carboxylic acids is 2. The molecule has 2 atom stereocenters. The number of rotatable bonds is 8. The molecule has 4 heteroatoms. The quantitative estimate of drug-likeness (QED) is 0.481. The minimum Gasteiger partial charge on any atom is -0.465 e. The zero-order valence-electron chi connectivity index (χ0n) is 18.7. The van der Waals surface area contributed by atoms with Crippen LogP contribution in [0.2, 0.25) is 0 Å². The maximum absolute atomic E-state index is 13.2. The minimum atomic E-state index is -0.358. The fourth-order valence-electron chi connectivity index (χ4n) is 3.58. The normalized spacial score (nSPS) is 12.8. The van der Waals surface area contributed by atoms with Crippen LogP contribution in [-0.4, -0.2) is 19.0 Å². The van der Waals surface area contributed by atoms with Crippen LogP contribution in [0.15, 0.2) is 84.9 Å². The summed E-state index contributed by atoms with van der Waals surface area (Å²) in [6.07, 6.45) is 4.02. The van der Waals surface area contributed by atoms with Crippen LogP contribution in [0, 0.1) is 12.8 Å². The molecule has 3 rings (SSSR count). The highest BCUT2D eigenvalue weighted by molar-refractivity contribution is 5.89. The lowest BCUT2D eigenvalue weighted by atomic mass is 9.85. The molecule has 0 aliphatic carbocycles. The Hall–Kier alpha value is -3.66. The van der Waals surface area contributed by atoms with Crippen molar-refractivity contribution in [3.05, 3.63) is 113 Å². The van der Waals surface area contributed by atoms with Crippen LogP contribution in [-0.2, 0) is 16.1 Å². The molecular formula is C28H29NO3. The molecular weight excluding hydrogens is 398 g/mol. The molecule has 0 spiro atoms. The van der Waals surface area contributed by atoms with E-state index in [0.29, 0.717) is 12.1 Å². The van der Waals surface area contributed by atoms with Gasteiger partial charge in [0, 0.05) is 6.54 Å². The van der Waals surface area contributed by atoms with E-state index in [9.17, 15) is 9.59 Å². The fraction of sp³-hybridized carbons (Fsp3) is 0.214. The number of allylic oxidation sites excluding steroid dienone is 1. The number of aryl methyl sites for hydroxylation is 1. The van der Waals surface area contributed by atoms with Crippen LogP contribution in [0.5, 0.6) is 0 Å². The lowest BCUT2D eigenvalue weighted by Gasteiger charge is -2.22. The molecule has 0 bridgehead atoms. The summed E-state index contributed by atoms with van der Waals surface area (Å²) in [4.78, 5) is 24.8. The number of nitrogens with one attached hydrogen (secondary N) is 1. The molecule has 1 N–H and O–H groups in total. The second-order valence-electron chi connectivity index (χ2n) is 7.92. The predicted molar refractivity (Wildman–Crippen MR) is 128 cm³/mol. The summed E-state index contributed by atoms with van der Waals surface area (Å²) in [5.41, 5.74) is 4.68. The van der Waals surface area contributed by atoms with Crippen molar-refractivity contribution in [1.29, 1.82) is 0 Å². The maximum atomic E-state index is 13.2. The SMILES string of the molecule is COC(=O)c1ccc(/C=C/[C@H](C)[C@H](C(=O)NCc2ccccc2)c2ccc(C)cc2)cc1. The third kappa shape index (κ3) is 6.17. The number of benzene rings is 3. The highest BCUT2D eigenvalue weighted by Gasteiger charge is 2.25. The summed E-state index contributed by atoms with van der Waals surface area (Å²) < 4.78 is 4.74. The number of carbonyl (C=O) groups is 2. The second kappa shape index (κ2) is 11.1. The lowest BCUT2D eigenvalue weighted by Crippen LogP contribution is -2.32. The van der Waals surface area contributed by atoms with E-state index < -0.39 is 0 Å². The summed E-state index contributed by atoms with van der Waals surface area (Å²) in [5, 5.41) is 3.09. The Kier molecular flexibility index (Phi) is 7.98. The molecule has 0 heterocycles. The van der Waals surface area contributed by atoms with Crippen molar-refractivity contribution in [2.45, 2.75) is 26.3 Å². The zero-order chi connectivity index (χ0) is 22.9. The molecule has 32 heavy (non-hydrogen) atoms. The Bertz CT molecular complexity index is 1050. The monoisotopic (exact) mass is 427 g/mol. The molecule has 4 nitrogen and oxygen atoms in total. The molecule has 0 radical (unpaired) electrons. The summed E-state index contributed by atoms with van der Waals surface area (Å²) in [6.45, 7) is 4.58. The van der Waals surface area contributed by atoms with Gasteiger partial charge in [-0.2, -0.15) is 0 Å². The number of hydrogen-bond acceptors (Lipinski definition) is 3. The van der Waals surface area contributed by atoms with E-state index in [-0.39, 0.29) is 23.7 Å². The van der Waals surface area contributed by atoms with Crippen LogP contribution in [0.25, 0.3) is 6.08 Å². The predicted octanol–water partition coefficient (Wildman–Crippen LogP) is 5.53. The van der Waals surface area contributed by atoms with Gasteiger partial charge in [-0.05, 0) is 41.7 Å². The molecule has 3 aromatic carbocycles. The highest BCUT2D eigenvalue weighted by atomic mass is 16.5. The number of methoxy groups -OCH3 is 1. The molecule has 0 saturated heterocycles. The molecule has 0 aromatic heterocycles. The van der Waals surface area contributed by atoms with Gasteiger partial charge in [-0.25, -0.2) is 4.79 Å². The largest absolute Gasteiger partial charge is 0.465 e. The van der Waals surface area contributed by atoms with E-state index in [0.717, 1.165) is 22.3 Å². The second-order valence-corrected chi connectivity index (χ2v) is 7.92. The Balaban J connectivity index is 1.77. The molecule has 1 amide bonds. The average molecular weight is 428 g/mol. The van der Waals surface area contributed by atoms with Gasteiger partial charge in [-0.3, -0.25) is 4.79 Å². The molecule has 164 valence electrons. The first kappa shape index (κ1) is 23.0. The standard InChI is InChI=1S/C28H29NO3/c1-20-9-15-24(16-10-20)26(27(30)29-19-23-7-5-4-6-8-23)21(2)11-12-22-13-17-25(18-14-22)28(31)32-3/h4-18,21,26H,19H2,1-3H3,(H,29,30)/b12-11+/t21-,26-/m0/s1. The van der Waals surface area contributed by atoms with E-state index >= 15 is 0 Å². The van der Waals surface area contributed by atoms with Crippen LogP contribution < -0.4 is 5.32 Å². The Morgan fingerprint density at radius 2 is 1.59 bits per heavy atom. The number of esters is 1. The van der Waals surface area contributed by atoms with Gasteiger partial charge < -0.3 is 10.1 Å². The van der Waals surface area contributed by atoms with Gasteiger partial charge in [0.05, 0.1) is 18.6 Å². The molecule has 0 aliphatic heterocycles. The van der Waals surface area contributed by atoms with Gasteiger partial charge in [-0.15, -0.1) is 0 Å². The topological polar surface area (TPSA) is 55.4 Å². The van der Waals surface area contributed by atoms with Crippen LogP contribution >= 0.6 is 0 Å². The summed E-state index contributed by atoms with van der Waals surface area (Å²) in [5.74, 6) is -0.710. The van der Waals surface area contributed by atoms with Gasteiger partial charge in [0.15, 0.2) is 0 Å². The van der Waals surface area contributed by atoms with Crippen molar-refractivity contribution in [3.8, 4) is 0 Å². The summed E-state index contributed by atoms with van der Waals surface area (Å²) in [7, 11) is 1.37. The number of ether oxygens (including phenoxy) is 1. The van der Waals surface area contributed by atoms with Crippen molar-refractivity contribution in [2.75, 3.05) is 7.11 Å². The molecule has 3 aromatic rings. The Morgan fingerprint density at radius 1 is 0.938 bits per heavy atom. The van der Waals surface area contributed by atoms with Crippen molar-refractivity contribution in [2.24, 2.45) is 5.92 Å². The third-order valence-electron chi connectivity index (χ3n) is 5.48. The maximum Gasteiger partial charge on any atom is 0.337 e. The first-order chi connectivity index (χ1) is 15.5. The van der Waals surface area contributed by atoms with Crippen molar-refractivity contribution >= 4 is 18.0 Å². The fourth-order valence-corrected chi connectivity index (χ4v) is 3.58. The van der Waals surface area contributed by atoms with Crippen LogP contribution in [0.3, 0.4) is 0 Å². The van der Waals surface area contributed by atoms with Gasteiger partial charge in [-0.1, -0.05) is 91.4 Å². The lowest BCUT2D eigenvalue weighted by molar-refractivity contribution is -0.123. The van der Waals surface area contributed by atoms with Gasteiger partial charge in [0.25, 0.3) is 0 Å². The Labute approximate surface area is 189 Å². The third-order valence-corrected chi connectivity index (χ3v) is 5.48. The average Bonchev–Trinajstić information content (AvgIpc) is 2.83. The van der Waals surface area contributed by atoms with E-state index in [1.807, 2.05) is 92.7 Å². The van der Waals surface area contributed by atoms with Gasteiger partial charge in [0.2, 0.25) is 5.91 Å². The molecule has 0 saturated carbocycles. The minimum absolute atomic E-state index is 0.00380. The van der Waals surface area contributed by atoms with Crippen molar-refractivity contribution in [3.63, 3.8) is 0 Å². The number of hydrogen-bond donors (Lipinski definition) is 1. The molecule has 0 unspecified atom stereocenters.